The second kappa shape index (κ2) is 6.13. The molecule has 3 rings (SSSR count). The number of aromatic nitrogens is 1. The van der Waals surface area contributed by atoms with Crippen molar-refractivity contribution in [2.24, 2.45) is 5.73 Å². The molecule has 0 amide bonds. The molecule has 0 radical (unpaired) electrons. The molecule has 0 aliphatic carbocycles. The van der Waals surface area contributed by atoms with Gasteiger partial charge in [-0.1, -0.05) is 0 Å². The maximum atomic E-state index is 13.7. The number of rotatable bonds is 3. The number of fused-ring (bicyclic) bond motifs is 1. The van der Waals surface area contributed by atoms with Crippen molar-refractivity contribution in [1.82, 2.24) is 4.98 Å². The number of hydrogen-bond acceptors (Lipinski definition) is 3. The van der Waals surface area contributed by atoms with E-state index < -0.39 is 23.5 Å². The quantitative estimate of drug-likeness (QED) is 0.776. The van der Waals surface area contributed by atoms with E-state index in [0.717, 1.165) is 6.07 Å². The summed E-state index contributed by atoms with van der Waals surface area (Å²) in [4.78, 5) is 4.44. The van der Waals surface area contributed by atoms with Crippen LogP contribution in [0.1, 0.15) is 18.7 Å². The normalized spacial score (nSPS) is 12.4. The average molecular weight is 332 g/mol. The van der Waals surface area contributed by atoms with Gasteiger partial charge in [0.25, 0.3) is 0 Å². The molecule has 2 aromatic carbocycles. The number of halogens is 3. The third-order valence-corrected chi connectivity index (χ3v) is 3.71. The van der Waals surface area contributed by atoms with E-state index in [1.165, 1.54) is 37.4 Å². The maximum Gasteiger partial charge on any atom is 0.138 e. The zero-order valence-electron chi connectivity index (χ0n) is 13.1. The Morgan fingerprint density at radius 3 is 2.25 bits per heavy atom. The number of methoxy groups -OCH3 is 1. The fraction of sp³-hybridized carbons (Fsp3) is 0.167. The highest BCUT2D eigenvalue weighted by molar-refractivity contribution is 5.93. The van der Waals surface area contributed by atoms with Crippen LogP contribution in [0.5, 0.6) is 5.75 Å². The van der Waals surface area contributed by atoms with Crippen LogP contribution in [0.3, 0.4) is 0 Å². The van der Waals surface area contributed by atoms with Crippen molar-refractivity contribution in [2.45, 2.75) is 13.0 Å². The van der Waals surface area contributed by atoms with Crippen LogP contribution in [0.2, 0.25) is 0 Å². The summed E-state index contributed by atoms with van der Waals surface area (Å²) in [5, 5.41) is 0.404. The zero-order chi connectivity index (χ0) is 17.4. The molecule has 1 unspecified atom stereocenters. The summed E-state index contributed by atoms with van der Waals surface area (Å²) in [6, 6.07) is 6.64. The first kappa shape index (κ1) is 16.3. The summed E-state index contributed by atoms with van der Waals surface area (Å²) < 4.78 is 46.4. The lowest BCUT2D eigenvalue weighted by Crippen LogP contribution is -2.11. The second-order valence-corrected chi connectivity index (χ2v) is 5.51. The van der Waals surface area contributed by atoms with Gasteiger partial charge in [-0.3, -0.25) is 4.98 Å². The minimum atomic E-state index is -0.734. The van der Waals surface area contributed by atoms with Crippen molar-refractivity contribution in [2.75, 3.05) is 7.11 Å². The van der Waals surface area contributed by atoms with Crippen LogP contribution in [0.4, 0.5) is 13.2 Å². The van der Waals surface area contributed by atoms with Gasteiger partial charge in [0.2, 0.25) is 0 Å². The van der Waals surface area contributed by atoms with Crippen molar-refractivity contribution in [3.8, 4) is 16.9 Å². The second-order valence-electron chi connectivity index (χ2n) is 5.51. The summed E-state index contributed by atoms with van der Waals surface area (Å²) in [7, 11) is 1.41. The van der Waals surface area contributed by atoms with Gasteiger partial charge in [-0.2, -0.15) is 0 Å². The van der Waals surface area contributed by atoms with Crippen molar-refractivity contribution in [3.63, 3.8) is 0 Å². The van der Waals surface area contributed by atoms with Gasteiger partial charge in [0.15, 0.2) is 0 Å². The van der Waals surface area contributed by atoms with Gasteiger partial charge < -0.3 is 10.5 Å². The molecule has 0 fully saturated rings. The predicted molar refractivity (Wildman–Crippen MR) is 86.2 cm³/mol. The van der Waals surface area contributed by atoms with Crippen molar-refractivity contribution < 1.29 is 17.9 Å². The number of benzene rings is 2. The Kier molecular flexibility index (Phi) is 4.15. The van der Waals surface area contributed by atoms with E-state index in [2.05, 4.69) is 4.98 Å². The Morgan fingerprint density at radius 1 is 1.00 bits per heavy atom. The van der Waals surface area contributed by atoms with Crippen molar-refractivity contribution >= 4 is 10.9 Å². The van der Waals surface area contributed by atoms with Gasteiger partial charge in [0, 0.05) is 23.1 Å². The number of nitrogens with two attached hydrogens (primary N) is 1. The standard InChI is InChI=1S/C18H15F3N2O/c1-9(22)17-16(10-5-12(20)7-13(21)6-10)18(24-2)14-8-11(19)3-4-15(14)23-17/h3-9H,22H2,1-2H3. The monoisotopic (exact) mass is 332 g/mol. The van der Waals surface area contributed by atoms with Crippen molar-refractivity contribution in [1.29, 1.82) is 0 Å². The summed E-state index contributed by atoms with van der Waals surface area (Å²) in [5.41, 5.74) is 7.48. The van der Waals surface area contributed by atoms with Gasteiger partial charge in [0.05, 0.1) is 18.3 Å². The molecule has 1 heterocycles. The van der Waals surface area contributed by atoms with Crippen LogP contribution in [0.15, 0.2) is 36.4 Å². The Labute approximate surface area is 136 Å². The number of pyridine rings is 1. The summed E-state index contributed by atoms with van der Waals surface area (Å²) >= 11 is 0. The number of ether oxygens (including phenoxy) is 1. The van der Waals surface area contributed by atoms with E-state index in [4.69, 9.17) is 10.5 Å². The molecule has 0 bridgehead atoms. The molecule has 24 heavy (non-hydrogen) atoms. The molecule has 0 saturated heterocycles. The summed E-state index contributed by atoms with van der Waals surface area (Å²) in [5.74, 6) is -1.66. The number of nitrogens with zero attached hydrogens (tertiary/aromatic N) is 1. The van der Waals surface area contributed by atoms with E-state index in [0.29, 0.717) is 22.2 Å². The fourth-order valence-electron chi connectivity index (χ4n) is 2.74. The highest BCUT2D eigenvalue weighted by Gasteiger charge is 2.21. The Hall–Kier alpha value is -2.60. The van der Waals surface area contributed by atoms with E-state index >= 15 is 0 Å². The molecular weight excluding hydrogens is 317 g/mol. The van der Waals surface area contributed by atoms with Gasteiger partial charge in [-0.25, -0.2) is 13.2 Å². The van der Waals surface area contributed by atoms with Crippen LogP contribution in [-0.4, -0.2) is 12.1 Å². The third-order valence-electron chi connectivity index (χ3n) is 3.71. The van der Waals surface area contributed by atoms with E-state index in [1.54, 1.807) is 6.92 Å². The molecule has 3 nitrogen and oxygen atoms in total. The molecule has 3 aromatic rings. The molecular formula is C18H15F3N2O. The van der Waals surface area contributed by atoms with E-state index in [1.807, 2.05) is 0 Å². The average Bonchev–Trinajstić information content (AvgIpc) is 2.51. The van der Waals surface area contributed by atoms with Gasteiger partial charge in [0.1, 0.15) is 23.2 Å². The topological polar surface area (TPSA) is 48.1 Å². The van der Waals surface area contributed by atoms with Gasteiger partial charge in [-0.15, -0.1) is 0 Å². The van der Waals surface area contributed by atoms with Crippen LogP contribution < -0.4 is 10.5 Å². The molecule has 1 aromatic heterocycles. The lowest BCUT2D eigenvalue weighted by Gasteiger charge is -2.18. The smallest absolute Gasteiger partial charge is 0.138 e. The minimum absolute atomic E-state index is 0.232. The van der Waals surface area contributed by atoms with Crippen LogP contribution in [0.25, 0.3) is 22.0 Å². The minimum Gasteiger partial charge on any atom is -0.495 e. The molecule has 2 N–H and O–H groups in total. The number of hydrogen-bond donors (Lipinski definition) is 1. The Morgan fingerprint density at radius 2 is 1.67 bits per heavy atom. The first-order valence-corrected chi connectivity index (χ1v) is 7.30. The lowest BCUT2D eigenvalue weighted by molar-refractivity contribution is 0.420. The molecule has 0 aliphatic rings. The van der Waals surface area contributed by atoms with E-state index in [-0.39, 0.29) is 11.3 Å². The molecule has 0 saturated carbocycles. The zero-order valence-corrected chi connectivity index (χ0v) is 13.1. The van der Waals surface area contributed by atoms with Gasteiger partial charge in [-0.05, 0) is 42.8 Å². The molecule has 1 atom stereocenters. The first-order valence-electron chi connectivity index (χ1n) is 7.30. The molecule has 6 heteroatoms. The Balaban J connectivity index is 2.45. The predicted octanol–water partition coefficient (Wildman–Crippen LogP) is 4.35. The van der Waals surface area contributed by atoms with Crippen LogP contribution in [-0.2, 0) is 0 Å². The molecule has 124 valence electrons. The lowest BCUT2D eigenvalue weighted by atomic mass is 9.96. The first-order chi connectivity index (χ1) is 11.4. The highest BCUT2D eigenvalue weighted by Crippen LogP contribution is 2.40. The summed E-state index contributed by atoms with van der Waals surface area (Å²) in [6.45, 7) is 1.70. The Bertz CT molecular complexity index is 906. The largest absolute Gasteiger partial charge is 0.495 e. The highest BCUT2D eigenvalue weighted by atomic mass is 19.1. The molecule has 0 spiro atoms. The van der Waals surface area contributed by atoms with E-state index in [9.17, 15) is 13.2 Å². The van der Waals surface area contributed by atoms with Crippen LogP contribution >= 0.6 is 0 Å². The molecule has 0 aliphatic heterocycles. The fourth-order valence-corrected chi connectivity index (χ4v) is 2.74. The third kappa shape index (κ3) is 2.80. The maximum absolute atomic E-state index is 13.7. The summed E-state index contributed by atoms with van der Waals surface area (Å²) in [6.07, 6.45) is 0. The SMILES string of the molecule is COc1c(-c2cc(F)cc(F)c2)c(C(C)N)nc2ccc(F)cc12. The van der Waals surface area contributed by atoms with Gasteiger partial charge >= 0.3 is 0 Å². The van der Waals surface area contributed by atoms with Crippen LogP contribution in [0, 0.1) is 17.5 Å². The van der Waals surface area contributed by atoms with Crippen molar-refractivity contribution in [3.05, 3.63) is 59.5 Å².